The number of nitrogens with zero attached hydrogens (tertiary/aromatic N) is 1. The van der Waals surface area contributed by atoms with Crippen molar-refractivity contribution in [2.75, 3.05) is 20.1 Å². The molecule has 0 saturated carbocycles. The molecule has 86 valence electrons. The van der Waals surface area contributed by atoms with Crippen LogP contribution in [0.25, 0.3) is 0 Å². The van der Waals surface area contributed by atoms with Gasteiger partial charge in [0.15, 0.2) is 0 Å². The number of hydrogen-bond donors (Lipinski definition) is 1. The Morgan fingerprint density at radius 2 is 2.20 bits per heavy atom. The Morgan fingerprint density at radius 3 is 2.60 bits per heavy atom. The monoisotopic (exact) mass is 312 g/mol. The smallest absolute Gasteiger partial charge is 0.243 e. The average molecular weight is 313 g/mol. The zero-order valence-electron chi connectivity index (χ0n) is 8.53. The Hall–Kier alpha value is 0.0500. The van der Waals surface area contributed by atoms with Gasteiger partial charge in [-0.05, 0) is 28.9 Å². The molecule has 0 atom stereocenters. The maximum absolute atomic E-state index is 12.0. The molecule has 1 aromatic rings. The maximum Gasteiger partial charge on any atom is 0.243 e. The van der Waals surface area contributed by atoms with Crippen LogP contribution in [-0.4, -0.2) is 32.9 Å². The predicted molar refractivity (Wildman–Crippen MR) is 65.6 cm³/mol. The van der Waals surface area contributed by atoms with Gasteiger partial charge in [0.1, 0.15) is 0 Å². The van der Waals surface area contributed by atoms with Gasteiger partial charge in [0, 0.05) is 25.0 Å². The molecule has 0 aliphatic carbocycles. The van der Waals surface area contributed by atoms with Gasteiger partial charge in [-0.3, -0.25) is 0 Å². The topological polar surface area (TPSA) is 63.4 Å². The molecule has 0 saturated heterocycles. The van der Waals surface area contributed by atoms with Crippen molar-refractivity contribution in [3.8, 4) is 0 Å². The largest absolute Gasteiger partial charge is 0.329 e. The van der Waals surface area contributed by atoms with Crippen molar-refractivity contribution in [3.63, 3.8) is 0 Å². The van der Waals surface area contributed by atoms with Crippen LogP contribution in [0.2, 0.25) is 0 Å². The van der Waals surface area contributed by atoms with E-state index in [1.165, 1.54) is 22.7 Å². The summed E-state index contributed by atoms with van der Waals surface area (Å²) in [6.07, 6.45) is 0. The summed E-state index contributed by atoms with van der Waals surface area (Å²) in [7, 11) is -1.84. The van der Waals surface area contributed by atoms with Crippen molar-refractivity contribution >= 4 is 37.3 Å². The molecular formula is C8H13BrN2O2S2. The normalized spacial score (nSPS) is 12.3. The van der Waals surface area contributed by atoms with Crippen molar-refractivity contribution in [2.45, 2.75) is 11.8 Å². The van der Waals surface area contributed by atoms with E-state index in [9.17, 15) is 8.42 Å². The molecule has 0 amide bonds. The molecule has 15 heavy (non-hydrogen) atoms. The first kappa shape index (κ1) is 13.1. The van der Waals surface area contributed by atoms with Gasteiger partial charge in [0.25, 0.3) is 0 Å². The van der Waals surface area contributed by atoms with Crippen LogP contribution in [0.4, 0.5) is 0 Å². The lowest BCUT2D eigenvalue weighted by Gasteiger charge is -2.15. The van der Waals surface area contributed by atoms with Crippen molar-refractivity contribution in [2.24, 2.45) is 5.73 Å². The zero-order valence-corrected chi connectivity index (χ0v) is 11.7. The lowest BCUT2D eigenvalue weighted by molar-refractivity contribution is 0.476. The van der Waals surface area contributed by atoms with Gasteiger partial charge >= 0.3 is 0 Å². The van der Waals surface area contributed by atoms with Crippen LogP contribution in [0.3, 0.4) is 0 Å². The number of rotatable bonds is 4. The number of hydrogen-bond acceptors (Lipinski definition) is 4. The van der Waals surface area contributed by atoms with Gasteiger partial charge in [-0.25, -0.2) is 8.42 Å². The molecule has 0 aromatic carbocycles. The maximum atomic E-state index is 12.0. The quantitative estimate of drug-likeness (QED) is 0.914. The van der Waals surface area contributed by atoms with Crippen LogP contribution in [-0.2, 0) is 10.0 Å². The second-order valence-corrected chi connectivity index (χ2v) is 7.74. The van der Waals surface area contributed by atoms with Crippen molar-refractivity contribution in [3.05, 3.63) is 14.7 Å². The van der Waals surface area contributed by atoms with Crippen molar-refractivity contribution in [1.29, 1.82) is 0 Å². The number of thiophene rings is 1. The lowest BCUT2D eigenvalue weighted by atomic mass is 10.5. The third-order valence-electron chi connectivity index (χ3n) is 1.97. The molecule has 0 fully saturated rings. The van der Waals surface area contributed by atoms with E-state index < -0.39 is 10.0 Å². The molecule has 2 N–H and O–H groups in total. The predicted octanol–water partition coefficient (Wildman–Crippen LogP) is 1.40. The van der Waals surface area contributed by atoms with Crippen LogP contribution in [0.5, 0.6) is 0 Å². The Morgan fingerprint density at radius 1 is 1.60 bits per heavy atom. The standard InChI is InChI=1S/C8H13BrN2O2S2/c1-6-7(5-8(9)14-6)15(12,13)11(2)4-3-10/h5H,3-4,10H2,1-2H3. The molecule has 1 rings (SSSR count). The van der Waals surface area contributed by atoms with Gasteiger partial charge in [-0.15, -0.1) is 11.3 Å². The van der Waals surface area contributed by atoms with E-state index >= 15 is 0 Å². The van der Waals surface area contributed by atoms with Crippen LogP contribution in [0, 0.1) is 6.92 Å². The third-order valence-corrected chi connectivity index (χ3v) is 5.64. The average Bonchev–Trinajstić information content (AvgIpc) is 2.46. The molecule has 4 nitrogen and oxygen atoms in total. The third kappa shape index (κ3) is 2.79. The van der Waals surface area contributed by atoms with E-state index in [0.717, 1.165) is 8.66 Å². The minimum Gasteiger partial charge on any atom is -0.329 e. The highest BCUT2D eigenvalue weighted by Crippen LogP contribution is 2.30. The summed E-state index contributed by atoms with van der Waals surface area (Å²) in [6.45, 7) is 2.44. The van der Waals surface area contributed by atoms with E-state index in [-0.39, 0.29) is 0 Å². The van der Waals surface area contributed by atoms with Gasteiger partial charge in [-0.1, -0.05) is 0 Å². The molecule has 0 bridgehead atoms. The minimum atomic E-state index is -3.38. The van der Waals surface area contributed by atoms with Crippen molar-refractivity contribution < 1.29 is 8.42 Å². The Kier molecular flexibility index (Phi) is 4.30. The van der Waals surface area contributed by atoms with Gasteiger partial charge in [0.2, 0.25) is 10.0 Å². The molecular weight excluding hydrogens is 300 g/mol. The Balaban J connectivity index is 3.11. The number of sulfonamides is 1. The Labute approximate surface area is 102 Å². The molecule has 7 heteroatoms. The fraction of sp³-hybridized carbons (Fsp3) is 0.500. The van der Waals surface area contributed by atoms with E-state index in [0.29, 0.717) is 18.0 Å². The summed E-state index contributed by atoms with van der Waals surface area (Å²) in [5.41, 5.74) is 5.33. The van der Waals surface area contributed by atoms with Gasteiger partial charge in [-0.2, -0.15) is 4.31 Å². The summed E-state index contributed by atoms with van der Waals surface area (Å²) in [6, 6.07) is 1.63. The SMILES string of the molecule is Cc1sc(Br)cc1S(=O)(=O)N(C)CCN. The zero-order chi connectivity index (χ0) is 11.6. The minimum absolute atomic E-state index is 0.320. The molecule has 1 heterocycles. The molecule has 0 radical (unpaired) electrons. The summed E-state index contributed by atoms with van der Waals surface area (Å²) < 4.78 is 26.1. The van der Waals surface area contributed by atoms with E-state index in [2.05, 4.69) is 15.9 Å². The van der Waals surface area contributed by atoms with Crippen LogP contribution < -0.4 is 5.73 Å². The highest BCUT2D eigenvalue weighted by molar-refractivity contribution is 9.11. The van der Waals surface area contributed by atoms with E-state index in [1.54, 1.807) is 13.0 Å². The summed E-state index contributed by atoms with van der Waals surface area (Å²) >= 11 is 4.69. The van der Waals surface area contributed by atoms with Crippen molar-refractivity contribution in [1.82, 2.24) is 4.31 Å². The van der Waals surface area contributed by atoms with Gasteiger partial charge < -0.3 is 5.73 Å². The fourth-order valence-corrected chi connectivity index (χ4v) is 4.72. The number of halogens is 1. The Bertz CT molecular complexity index is 441. The van der Waals surface area contributed by atoms with E-state index in [4.69, 9.17) is 5.73 Å². The first-order chi connectivity index (χ1) is 6.89. The molecule has 0 unspecified atom stereocenters. The highest BCUT2D eigenvalue weighted by Gasteiger charge is 2.23. The summed E-state index contributed by atoms with van der Waals surface area (Å²) in [5, 5.41) is 0. The molecule has 1 aromatic heterocycles. The van der Waals surface area contributed by atoms with E-state index in [1.807, 2.05) is 0 Å². The van der Waals surface area contributed by atoms with Crippen LogP contribution in [0.15, 0.2) is 14.7 Å². The highest BCUT2D eigenvalue weighted by atomic mass is 79.9. The van der Waals surface area contributed by atoms with Gasteiger partial charge in [0.05, 0.1) is 8.68 Å². The molecule has 0 aliphatic rings. The summed E-state index contributed by atoms with van der Waals surface area (Å²) in [5.74, 6) is 0. The second kappa shape index (κ2) is 4.92. The number of nitrogens with two attached hydrogens (primary N) is 1. The first-order valence-corrected chi connectivity index (χ1v) is 7.37. The lowest BCUT2D eigenvalue weighted by Crippen LogP contribution is -2.31. The first-order valence-electron chi connectivity index (χ1n) is 4.32. The van der Waals surface area contributed by atoms with Crippen LogP contribution in [0.1, 0.15) is 4.88 Å². The van der Waals surface area contributed by atoms with Crippen LogP contribution >= 0.6 is 27.3 Å². The number of likely N-dealkylation sites (N-methyl/N-ethyl adjacent to an activating group) is 1. The second-order valence-electron chi connectivity index (χ2n) is 3.09. The number of aryl methyl sites for hydroxylation is 1. The summed E-state index contributed by atoms with van der Waals surface area (Å²) in [4.78, 5) is 1.14. The molecule has 0 spiro atoms. The fourth-order valence-electron chi connectivity index (χ4n) is 1.16. The molecule has 0 aliphatic heterocycles.